The standard InChI is InChI=1S/C18H20N4O3S/c1-21(2)12-16-17(13-6-4-3-5-7-13)20-22(18(16)23)14-8-10-15(11-9-14)26(19,24)25/h3-11,16H,12H2,1-2H3,(H2,19,24,25). The van der Waals surface area contributed by atoms with Crippen molar-refractivity contribution in [3.63, 3.8) is 0 Å². The van der Waals surface area contributed by atoms with Crippen LogP contribution in [0.3, 0.4) is 0 Å². The number of benzene rings is 2. The summed E-state index contributed by atoms with van der Waals surface area (Å²) in [6.45, 7) is 0.526. The number of carbonyl (C=O) groups is 1. The van der Waals surface area contributed by atoms with Gasteiger partial charge in [-0.2, -0.15) is 10.1 Å². The lowest BCUT2D eigenvalue weighted by atomic mass is 9.96. The van der Waals surface area contributed by atoms with Crippen molar-refractivity contribution < 1.29 is 13.2 Å². The predicted octanol–water partition coefficient (Wildman–Crippen LogP) is 1.26. The number of anilines is 1. The summed E-state index contributed by atoms with van der Waals surface area (Å²) >= 11 is 0. The van der Waals surface area contributed by atoms with Gasteiger partial charge in [0.05, 0.1) is 22.2 Å². The van der Waals surface area contributed by atoms with E-state index in [0.29, 0.717) is 17.9 Å². The van der Waals surface area contributed by atoms with E-state index >= 15 is 0 Å². The molecule has 0 bridgehead atoms. The van der Waals surface area contributed by atoms with Crippen LogP contribution in [0.15, 0.2) is 64.6 Å². The monoisotopic (exact) mass is 372 g/mol. The molecule has 2 N–H and O–H groups in total. The minimum atomic E-state index is -3.78. The first-order valence-electron chi connectivity index (χ1n) is 8.03. The van der Waals surface area contributed by atoms with Crippen LogP contribution in [0.25, 0.3) is 0 Å². The van der Waals surface area contributed by atoms with Crippen LogP contribution in [0.2, 0.25) is 0 Å². The second kappa shape index (κ2) is 6.99. The van der Waals surface area contributed by atoms with Gasteiger partial charge in [-0.3, -0.25) is 4.79 Å². The van der Waals surface area contributed by atoms with Gasteiger partial charge < -0.3 is 4.90 Å². The fraction of sp³-hybridized carbons (Fsp3) is 0.222. The van der Waals surface area contributed by atoms with E-state index < -0.39 is 15.9 Å². The molecule has 1 heterocycles. The highest BCUT2D eigenvalue weighted by Gasteiger charge is 2.37. The van der Waals surface area contributed by atoms with Gasteiger partial charge in [-0.25, -0.2) is 13.6 Å². The zero-order valence-electron chi connectivity index (χ0n) is 14.5. The van der Waals surface area contributed by atoms with Crippen LogP contribution in [0, 0.1) is 5.92 Å². The Morgan fingerprint density at radius 2 is 1.69 bits per heavy atom. The van der Waals surface area contributed by atoms with E-state index in [1.807, 2.05) is 49.3 Å². The van der Waals surface area contributed by atoms with Crippen molar-refractivity contribution in [1.29, 1.82) is 0 Å². The molecule has 7 nitrogen and oxygen atoms in total. The van der Waals surface area contributed by atoms with Crippen LogP contribution < -0.4 is 10.1 Å². The van der Waals surface area contributed by atoms with Crippen molar-refractivity contribution in [2.45, 2.75) is 4.90 Å². The highest BCUT2D eigenvalue weighted by atomic mass is 32.2. The van der Waals surface area contributed by atoms with E-state index in [1.54, 1.807) is 0 Å². The first kappa shape index (κ1) is 18.2. The summed E-state index contributed by atoms with van der Waals surface area (Å²) in [4.78, 5) is 14.9. The third-order valence-electron chi connectivity index (χ3n) is 4.07. The number of rotatable bonds is 5. The molecule has 0 spiro atoms. The van der Waals surface area contributed by atoms with Gasteiger partial charge in [-0.1, -0.05) is 30.3 Å². The van der Waals surface area contributed by atoms with Crippen LogP contribution >= 0.6 is 0 Å². The number of hydrogen-bond donors (Lipinski definition) is 1. The molecule has 1 unspecified atom stereocenters. The Hall–Kier alpha value is -2.55. The maximum absolute atomic E-state index is 12.9. The maximum Gasteiger partial charge on any atom is 0.257 e. The Labute approximate surface area is 152 Å². The highest BCUT2D eigenvalue weighted by molar-refractivity contribution is 7.89. The van der Waals surface area contributed by atoms with Gasteiger partial charge in [0, 0.05) is 6.54 Å². The van der Waals surface area contributed by atoms with Gasteiger partial charge in [0.1, 0.15) is 0 Å². The van der Waals surface area contributed by atoms with E-state index in [-0.39, 0.29) is 10.8 Å². The quantitative estimate of drug-likeness (QED) is 0.855. The second-order valence-electron chi connectivity index (χ2n) is 6.36. The Bertz CT molecular complexity index is 938. The van der Waals surface area contributed by atoms with Crippen molar-refractivity contribution in [2.24, 2.45) is 16.2 Å². The predicted molar refractivity (Wildman–Crippen MR) is 100 cm³/mol. The van der Waals surface area contributed by atoms with E-state index in [2.05, 4.69) is 5.10 Å². The van der Waals surface area contributed by atoms with Gasteiger partial charge in [0.2, 0.25) is 10.0 Å². The van der Waals surface area contributed by atoms with Gasteiger partial charge in [-0.05, 0) is 43.9 Å². The largest absolute Gasteiger partial charge is 0.308 e. The lowest BCUT2D eigenvalue weighted by Gasteiger charge is -2.18. The van der Waals surface area contributed by atoms with Crippen molar-refractivity contribution in [3.05, 3.63) is 60.2 Å². The van der Waals surface area contributed by atoms with Crippen LogP contribution in [0.1, 0.15) is 5.56 Å². The van der Waals surface area contributed by atoms with Gasteiger partial charge >= 0.3 is 0 Å². The average molecular weight is 372 g/mol. The number of hydrogen-bond acceptors (Lipinski definition) is 5. The van der Waals surface area contributed by atoms with Crippen molar-refractivity contribution in [2.75, 3.05) is 25.6 Å². The van der Waals surface area contributed by atoms with Gasteiger partial charge in [0.15, 0.2) is 0 Å². The van der Waals surface area contributed by atoms with Gasteiger partial charge in [-0.15, -0.1) is 0 Å². The molecule has 0 aliphatic carbocycles. The minimum Gasteiger partial charge on any atom is -0.308 e. The van der Waals surface area contributed by atoms with Crippen molar-refractivity contribution in [3.8, 4) is 0 Å². The Kier molecular flexibility index (Phi) is 4.90. The number of hydrazone groups is 1. The molecule has 1 amide bonds. The molecular formula is C18H20N4O3S. The fourth-order valence-electron chi connectivity index (χ4n) is 2.85. The lowest BCUT2D eigenvalue weighted by molar-refractivity contribution is -0.120. The van der Waals surface area contributed by atoms with Crippen LogP contribution in [-0.4, -0.2) is 45.6 Å². The third-order valence-corrected chi connectivity index (χ3v) is 5.00. The molecule has 26 heavy (non-hydrogen) atoms. The maximum atomic E-state index is 12.9. The Balaban J connectivity index is 1.99. The smallest absolute Gasteiger partial charge is 0.257 e. The third kappa shape index (κ3) is 3.67. The van der Waals surface area contributed by atoms with Gasteiger partial charge in [0.25, 0.3) is 5.91 Å². The summed E-state index contributed by atoms with van der Waals surface area (Å²) < 4.78 is 22.8. The SMILES string of the molecule is CN(C)CC1C(=O)N(c2ccc(S(N)(=O)=O)cc2)N=C1c1ccccc1. The Morgan fingerprint density at radius 1 is 1.08 bits per heavy atom. The first-order valence-corrected chi connectivity index (χ1v) is 9.57. The number of nitrogens with two attached hydrogens (primary N) is 1. The molecular weight excluding hydrogens is 352 g/mol. The van der Waals surface area contributed by atoms with Crippen molar-refractivity contribution >= 4 is 27.3 Å². The second-order valence-corrected chi connectivity index (χ2v) is 7.92. The molecule has 1 aliphatic rings. The van der Waals surface area contributed by atoms with E-state index in [1.165, 1.54) is 29.3 Å². The lowest BCUT2D eigenvalue weighted by Crippen LogP contribution is -2.35. The zero-order valence-corrected chi connectivity index (χ0v) is 15.3. The van der Waals surface area contributed by atoms with Crippen LogP contribution in [-0.2, 0) is 14.8 Å². The summed E-state index contributed by atoms with van der Waals surface area (Å²) in [6, 6.07) is 15.3. The zero-order chi connectivity index (χ0) is 18.9. The molecule has 3 rings (SSSR count). The molecule has 0 radical (unpaired) electrons. The molecule has 0 aromatic heterocycles. The number of amides is 1. The number of carbonyl (C=O) groups excluding carboxylic acids is 1. The molecule has 8 heteroatoms. The van der Waals surface area contributed by atoms with E-state index in [9.17, 15) is 13.2 Å². The molecule has 2 aromatic rings. The summed E-state index contributed by atoms with van der Waals surface area (Å²) in [5.74, 6) is -0.550. The summed E-state index contributed by atoms with van der Waals surface area (Å²) in [5, 5.41) is 11.0. The summed E-state index contributed by atoms with van der Waals surface area (Å²) in [7, 11) is 0.0215. The van der Waals surface area contributed by atoms with Crippen molar-refractivity contribution in [1.82, 2.24) is 4.90 Å². The highest BCUT2D eigenvalue weighted by Crippen LogP contribution is 2.27. The minimum absolute atomic E-state index is 0.00926. The normalized spacial score (nSPS) is 17.7. The molecule has 0 saturated heterocycles. The average Bonchev–Trinajstić information content (AvgIpc) is 2.91. The fourth-order valence-corrected chi connectivity index (χ4v) is 3.37. The molecule has 1 atom stereocenters. The summed E-state index contributed by atoms with van der Waals surface area (Å²) in [6.07, 6.45) is 0. The van der Waals surface area contributed by atoms with Crippen LogP contribution in [0.5, 0.6) is 0 Å². The Morgan fingerprint density at radius 3 is 2.23 bits per heavy atom. The number of primary sulfonamides is 1. The molecule has 136 valence electrons. The first-order chi connectivity index (χ1) is 12.3. The van der Waals surface area contributed by atoms with E-state index in [4.69, 9.17) is 5.14 Å². The number of nitrogens with zero attached hydrogens (tertiary/aromatic N) is 3. The number of sulfonamides is 1. The molecule has 0 saturated carbocycles. The topological polar surface area (TPSA) is 96.1 Å². The molecule has 2 aromatic carbocycles. The van der Waals surface area contributed by atoms with Crippen LogP contribution in [0.4, 0.5) is 5.69 Å². The van der Waals surface area contributed by atoms with E-state index in [0.717, 1.165) is 5.56 Å². The molecule has 0 fully saturated rings. The summed E-state index contributed by atoms with van der Waals surface area (Å²) in [5.41, 5.74) is 2.08. The molecule has 1 aliphatic heterocycles.